The van der Waals surface area contributed by atoms with Crippen LogP contribution < -0.4 is 5.32 Å². The molecule has 1 heterocycles. The van der Waals surface area contributed by atoms with Crippen LogP contribution in [0, 0.1) is 5.82 Å². The topological polar surface area (TPSA) is 59.8 Å². The van der Waals surface area contributed by atoms with E-state index >= 15 is 0 Å². The first kappa shape index (κ1) is 16.6. The Hall–Kier alpha value is -2.24. The number of nitrogens with one attached hydrogen (secondary N) is 1. The molecular weight excluding hydrogens is 307 g/mol. The maximum absolute atomic E-state index is 13.6. The number of benzene rings is 1. The third kappa shape index (κ3) is 3.99. The van der Waals surface area contributed by atoms with Crippen LogP contribution in [0.1, 0.15) is 44.1 Å². The second-order valence-electron chi connectivity index (χ2n) is 6.54. The first-order chi connectivity index (χ1) is 11.7. The number of aromatic nitrogens is 3. The van der Waals surface area contributed by atoms with Crippen molar-refractivity contribution in [2.45, 2.75) is 50.5 Å². The maximum Gasteiger partial charge on any atom is 0.220 e. The maximum atomic E-state index is 13.6. The average Bonchev–Trinajstić information content (AvgIpc) is 3.25. The molecule has 0 atom stereocenters. The number of halogens is 1. The minimum Gasteiger partial charge on any atom is -0.355 e. The highest BCUT2D eigenvalue weighted by Crippen LogP contribution is 2.40. The molecule has 0 aliphatic heterocycles. The van der Waals surface area contributed by atoms with Gasteiger partial charge in [0.25, 0.3) is 0 Å². The summed E-state index contributed by atoms with van der Waals surface area (Å²) in [6, 6.07) is 6.81. The summed E-state index contributed by atoms with van der Waals surface area (Å²) in [7, 11) is 0. The Morgan fingerprint density at radius 3 is 2.88 bits per heavy atom. The van der Waals surface area contributed by atoms with Gasteiger partial charge in [-0.25, -0.2) is 9.37 Å². The van der Waals surface area contributed by atoms with Crippen molar-refractivity contribution in [2.24, 2.45) is 0 Å². The molecule has 1 fully saturated rings. The third-order valence-electron chi connectivity index (χ3n) is 4.88. The SMILES string of the molecule is O=C(CCCn1cncn1)NCC1(c2cccc(F)c2)CCCC1. The van der Waals surface area contributed by atoms with Crippen LogP contribution in [0.5, 0.6) is 0 Å². The standard InChI is InChI=1S/C18H23FN4O/c19-16-6-3-5-15(11-16)18(8-1-2-9-18)12-21-17(24)7-4-10-23-14-20-13-22-23/h3,5-6,11,13-14H,1-2,4,7-10,12H2,(H,21,24). The van der Waals surface area contributed by atoms with Crippen LogP contribution in [-0.2, 0) is 16.8 Å². The molecule has 1 N–H and O–H groups in total. The number of carbonyl (C=O) groups is 1. The summed E-state index contributed by atoms with van der Waals surface area (Å²) in [5, 5.41) is 7.08. The van der Waals surface area contributed by atoms with Gasteiger partial charge >= 0.3 is 0 Å². The molecule has 0 radical (unpaired) electrons. The Bertz CT molecular complexity index is 665. The summed E-state index contributed by atoms with van der Waals surface area (Å²) < 4.78 is 15.3. The average molecular weight is 330 g/mol. The van der Waals surface area contributed by atoms with Crippen molar-refractivity contribution in [3.05, 3.63) is 48.3 Å². The van der Waals surface area contributed by atoms with Crippen molar-refractivity contribution in [3.63, 3.8) is 0 Å². The van der Waals surface area contributed by atoms with Crippen molar-refractivity contribution in [1.82, 2.24) is 20.1 Å². The van der Waals surface area contributed by atoms with Crippen LogP contribution in [0.15, 0.2) is 36.9 Å². The van der Waals surface area contributed by atoms with Crippen LogP contribution >= 0.6 is 0 Å². The fourth-order valence-corrected chi connectivity index (χ4v) is 3.54. The van der Waals surface area contributed by atoms with Gasteiger partial charge in [-0.2, -0.15) is 5.10 Å². The molecule has 0 unspecified atom stereocenters. The van der Waals surface area contributed by atoms with E-state index in [9.17, 15) is 9.18 Å². The van der Waals surface area contributed by atoms with E-state index in [2.05, 4.69) is 15.4 Å². The lowest BCUT2D eigenvalue weighted by atomic mass is 9.78. The first-order valence-corrected chi connectivity index (χ1v) is 8.53. The minimum atomic E-state index is -0.210. The van der Waals surface area contributed by atoms with E-state index in [4.69, 9.17) is 0 Å². The van der Waals surface area contributed by atoms with Crippen LogP contribution in [0.25, 0.3) is 0 Å². The molecule has 0 spiro atoms. The number of carbonyl (C=O) groups excluding carboxylic acids is 1. The first-order valence-electron chi connectivity index (χ1n) is 8.53. The van der Waals surface area contributed by atoms with Crippen LogP contribution in [0.3, 0.4) is 0 Å². The number of aryl methyl sites for hydroxylation is 1. The van der Waals surface area contributed by atoms with E-state index in [-0.39, 0.29) is 17.1 Å². The molecule has 5 nitrogen and oxygen atoms in total. The Balaban J connectivity index is 1.53. The second-order valence-corrected chi connectivity index (χ2v) is 6.54. The summed E-state index contributed by atoms with van der Waals surface area (Å²) in [5.74, 6) is -0.171. The van der Waals surface area contributed by atoms with E-state index in [1.807, 2.05) is 6.07 Å². The molecule has 1 aromatic carbocycles. The molecule has 1 aliphatic rings. The number of rotatable bonds is 7. The van der Waals surface area contributed by atoms with Gasteiger partial charge in [0.2, 0.25) is 5.91 Å². The summed E-state index contributed by atoms with van der Waals surface area (Å²) >= 11 is 0. The predicted octanol–water partition coefficient (Wildman–Crippen LogP) is 2.83. The van der Waals surface area contributed by atoms with Gasteiger partial charge in [-0.05, 0) is 37.0 Å². The normalized spacial score (nSPS) is 16.2. The van der Waals surface area contributed by atoms with Gasteiger partial charge in [0.1, 0.15) is 18.5 Å². The zero-order valence-electron chi connectivity index (χ0n) is 13.7. The zero-order chi connectivity index (χ0) is 16.8. The molecule has 1 aromatic heterocycles. The Morgan fingerprint density at radius 1 is 1.33 bits per heavy atom. The number of hydrogen-bond acceptors (Lipinski definition) is 3. The van der Waals surface area contributed by atoms with Gasteiger partial charge in [0, 0.05) is 24.9 Å². The molecule has 0 saturated heterocycles. The fraction of sp³-hybridized carbons (Fsp3) is 0.500. The summed E-state index contributed by atoms with van der Waals surface area (Å²) in [4.78, 5) is 16.0. The number of amides is 1. The number of hydrogen-bond donors (Lipinski definition) is 1. The van der Waals surface area contributed by atoms with Gasteiger partial charge in [-0.3, -0.25) is 9.48 Å². The second kappa shape index (κ2) is 7.55. The van der Waals surface area contributed by atoms with Crippen molar-refractivity contribution in [2.75, 3.05) is 6.54 Å². The van der Waals surface area contributed by atoms with Gasteiger partial charge in [-0.15, -0.1) is 0 Å². The molecule has 0 bridgehead atoms. The minimum absolute atomic E-state index is 0.0396. The van der Waals surface area contributed by atoms with Crippen molar-refractivity contribution < 1.29 is 9.18 Å². The quantitative estimate of drug-likeness (QED) is 0.849. The molecule has 1 amide bonds. The van der Waals surface area contributed by atoms with Gasteiger partial charge in [0.15, 0.2) is 0 Å². The highest BCUT2D eigenvalue weighted by atomic mass is 19.1. The molecule has 3 rings (SSSR count). The van der Waals surface area contributed by atoms with Crippen molar-refractivity contribution >= 4 is 5.91 Å². The summed E-state index contributed by atoms with van der Waals surface area (Å²) in [6.07, 6.45) is 8.56. The predicted molar refractivity (Wildman–Crippen MR) is 88.8 cm³/mol. The van der Waals surface area contributed by atoms with Crippen LogP contribution in [0.2, 0.25) is 0 Å². The van der Waals surface area contributed by atoms with E-state index in [0.717, 1.165) is 37.7 Å². The Labute approximate surface area is 141 Å². The Kier molecular flexibility index (Phi) is 5.23. The smallest absolute Gasteiger partial charge is 0.220 e. The lowest BCUT2D eigenvalue weighted by Crippen LogP contribution is -2.39. The highest BCUT2D eigenvalue weighted by molar-refractivity contribution is 5.76. The van der Waals surface area contributed by atoms with Gasteiger partial charge in [0.05, 0.1) is 0 Å². The lowest BCUT2D eigenvalue weighted by molar-refractivity contribution is -0.121. The van der Waals surface area contributed by atoms with Crippen molar-refractivity contribution in [3.8, 4) is 0 Å². The number of nitrogens with zero attached hydrogens (tertiary/aromatic N) is 3. The van der Waals surface area contributed by atoms with E-state index < -0.39 is 0 Å². The molecule has 128 valence electrons. The lowest BCUT2D eigenvalue weighted by Gasteiger charge is -2.30. The molecule has 24 heavy (non-hydrogen) atoms. The monoisotopic (exact) mass is 330 g/mol. The Morgan fingerprint density at radius 2 is 2.17 bits per heavy atom. The molecule has 1 saturated carbocycles. The van der Waals surface area contributed by atoms with E-state index in [0.29, 0.717) is 19.5 Å². The largest absolute Gasteiger partial charge is 0.355 e. The summed E-state index contributed by atoms with van der Waals surface area (Å²) in [6.45, 7) is 1.26. The van der Waals surface area contributed by atoms with Crippen molar-refractivity contribution in [1.29, 1.82) is 0 Å². The van der Waals surface area contributed by atoms with Crippen LogP contribution in [0.4, 0.5) is 4.39 Å². The van der Waals surface area contributed by atoms with Gasteiger partial charge in [-0.1, -0.05) is 25.0 Å². The molecule has 1 aliphatic carbocycles. The van der Waals surface area contributed by atoms with E-state index in [1.54, 1.807) is 23.1 Å². The van der Waals surface area contributed by atoms with E-state index in [1.165, 1.54) is 12.4 Å². The molecule has 6 heteroatoms. The summed E-state index contributed by atoms with van der Waals surface area (Å²) in [5.41, 5.74) is 0.881. The molecular formula is C18H23FN4O. The van der Waals surface area contributed by atoms with Crippen LogP contribution in [-0.4, -0.2) is 27.2 Å². The zero-order valence-corrected chi connectivity index (χ0v) is 13.7. The highest BCUT2D eigenvalue weighted by Gasteiger charge is 2.36. The fourth-order valence-electron chi connectivity index (χ4n) is 3.54. The van der Waals surface area contributed by atoms with Gasteiger partial charge < -0.3 is 5.32 Å². The third-order valence-corrected chi connectivity index (χ3v) is 4.88. The molecule has 2 aromatic rings.